The molecule has 1 atom stereocenters. The highest BCUT2D eigenvalue weighted by Gasteiger charge is 2.15. The van der Waals surface area contributed by atoms with Crippen molar-refractivity contribution in [2.45, 2.75) is 26.4 Å². The molecule has 0 saturated carbocycles. The molecule has 2 aromatic rings. The molecule has 0 spiro atoms. The van der Waals surface area contributed by atoms with Crippen molar-refractivity contribution in [1.29, 1.82) is 0 Å². The lowest BCUT2D eigenvalue weighted by molar-refractivity contribution is 0.146. The van der Waals surface area contributed by atoms with E-state index in [1.165, 1.54) is 0 Å². The van der Waals surface area contributed by atoms with Crippen LogP contribution in [0.5, 0.6) is 0 Å². The number of nitrogens with zero attached hydrogens (tertiary/aromatic N) is 2. The fourth-order valence-electron chi connectivity index (χ4n) is 2.10. The molecule has 0 bridgehead atoms. The summed E-state index contributed by atoms with van der Waals surface area (Å²) < 4.78 is 5.24. The van der Waals surface area contributed by atoms with Crippen LogP contribution in [0.1, 0.15) is 19.5 Å². The lowest BCUT2D eigenvalue weighted by Crippen LogP contribution is -2.37. The molecule has 5 heteroatoms. The first-order valence-electron chi connectivity index (χ1n) is 6.89. The zero-order chi connectivity index (χ0) is 14.4. The van der Waals surface area contributed by atoms with Crippen molar-refractivity contribution in [3.63, 3.8) is 0 Å². The van der Waals surface area contributed by atoms with Gasteiger partial charge in [-0.25, -0.2) is 0 Å². The molecule has 0 aliphatic rings. The van der Waals surface area contributed by atoms with Crippen LogP contribution in [0, 0.1) is 5.92 Å². The second-order valence-corrected chi connectivity index (χ2v) is 5.17. The molecular formula is C15H22N4O. The van der Waals surface area contributed by atoms with Crippen molar-refractivity contribution in [3.05, 3.63) is 36.0 Å². The van der Waals surface area contributed by atoms with E-state index in [9.17, 15) is 0 Å². The summed E-state index contributed by atoms with van der Waals surface area (Å²) in [6, 6.07) is 10.4. The van der Waals surface area contributed by atoms with E-state index in [0.29, 0.717) is 25.1 Å². The van der Waals surface area contributed by atoms with Gasteiger partial charge in [0.05, 0.1) is 6.61 Å². The molecule has 20 heavy (non-hydrogen) atoms. The maximum Gasteiger partial charge on any atom is 0.117 e. The van der Waals surface area contributed by atoms with Gasteiger partial charge in [0.2, 0.25) is 0 Å². The van der Waals surface area contributed by atoms with Crippen LogP contribution in [0.3, 0.4) is 0 Å². The number of H-pyrrole nitrogens is 1. The van der Waals surface area contributed by atoms with E-state index in [1.807, 2.05) is 30.3 Å². The zero-order valence-electron chi connectivity index (χ0n) is 12.3. The fourth-order valence-corrected chi connectivity index (χ4v) is 2.10. The van der Waals surface area contributed by atoms with Crippen LogP contribution in [0.2, 0.25) is 0 Å². The Labute approximate surface area is 119 Å². The number of aromatic nitrogens is 3. The predicted octanol–water partition coefficient (Wildman–Crippen LogP) is 2.23. The van der Waals surface area contributed by atoms with Gasteiger partial charge in [-0.1, -0.05) is 44.2 Å². The Bertz CT molecular complexity index is 510. The quantitative estimate of drug-likeness (QED) is 0.812. The molecule has 5 nitrogen and oxygen atoms in total. The summed E-state index contributed by atoms with van der Waals surface area (Å²) in [5.41, 5.74) is 2.90. The molecule has 0 saturated heterocycles. The first-order valence-corrected chi connectivity index (χ1v) is 6.89. The Kier molecular flexibility index (Phi) is 5.26. The molecule has 1 unspecified atom stereocenters. The molecular weight excluding hydrogens is 252 g/mol. The Morgan fingerprint density at radius 1 is 1.20 bits per heavy atom. The van der Waals surface area contributed by atoms with Gasteiger partial charge in [0.1, 0.15) is 11.4 Å². The third-order valence-electron chi connectivity index (χ3n) is 3.35. The van der Waals surface area contributed by atoms with Gasteiger partial charge in [-0.05, 0) is 5.92 Å². The van der Waals surface area contributed by atoms with E-state index >= 15 is 0 Å². The van der Waals surface area contributed by atoms with Crippen molar-refractivity contribution in [2.24, 2.45) is 5.92 Å². The highest BCUT2D eigenvalue weighted by Crippen LogP contribution is 2.19. The van der Waals surface area contributed by atoms with Crippen LogP contribution in [-0.2, 0) is 11.3 Å². The number of benzene rings is 1. The van der Waals surface area contributed by atoms with E-state index in [0.717, 1.165) is 17.0 Å². The second-order valence-electron chi connectivity index (χ2n) is 5.17. The molecule has 0 radical (unpaired) electrons. The van der Waals surface area contributed by atoms with Crippen LogP contribution < -0.4 is 5.32 Å². The summed E-state index contributed by atoms with van der Waals surface area (Å²) >= 11 is 0. The van der Waals surface area contributed by atoms with Crippen molar-refractivity contribution in [2.75, 3.05) is 13.7 Å². The van der Waals surface area contributed by atoms with Crippen molar-refractivity contribution in [3.8, 4) is 11.3 Å². The van der Waals surface area contributed by atoms with Crippen LogP contribution >= 0.6 is 0 Å². The highest BCUT2D eigenvalue weighted by molar-refractivity contribution is 5.60. The van der Waals surface area contributed by atoms with E-state index in [4.69, 9.17) is 4.74 Å². The summed E-state index contributed by atoms with van der Waals surface area (Å²) in [5, 5.41) is 14.7. The Morgan fingerprint density at radius 3 is 2.60 bits per heavy atom. The number of nitrogens with one attached hydrogen (secondary N) is 2. The molecule has 0 amide bonds. The summed E-state index contributed by atoms with van der Waals surface area (Å²) in [6.07, 6.45) is 0. The molecule has 1 heterocycles. The van der Waals surface area contributed by atoms with Gasteiger partial charge in [-0.2, -0.15) is 15.4 Å². The number of methoxy groups -OCH3 is 1. The van der Waals surface area contributed by atoms with Gasteiger partial charge < -0.3 is 10.1 Å². The minimum atomic E-state index is 0.306. The summed E-state index contributed by atoms with van der Waals surface area (Å²) in [7, 11) is 1.72. The number of aromatic amines is 1. The minimum Gasteiger partial charge on any atom is -0.383 e. The Hall–Kier alpha value is -1.72. The molecule has 1 aromatic heterocycles. The predicted molar refractivity (Wildman–Crippen MR) is 79.2 cm³/mol. The normalized spacial score (nSPS) is 12.8. The van der Waals surface area contributed by atoms with Crippen LogP contribution in [-0.4, -0.2) is 35.2 Å². The van der Waals surface area contributed by atoms with Gasteiger partial charge in [0.15, 0.2) is 0 Å². The largest absolute Gasteiger partial charge is 0.383 e. The number of rotatable bonds is 7. The van der Waals surface area contributed by atoms with Crippen LogP contribution in [0.25, 0.3) is 11.3 Å². The SMILES string of the molecule is COCC(NCc1n[nH]nc1-c1ccccc1)C(C)C. The molecule has 1 aromatic carbocycles. The molecule has 0 aliphatic heterocycles. The van der Waals surface area contributed by atoms with Gasteiger partial charge in [0.25, 0.3) is 0 Å². The lowest BCUT2D eigenvalue weighted by atomic mass is 10.0. The summed E-state index contributed by atoms with van der Waals surface area (Å²) in [4.78, 5) is 0. The monoisotopic (exact) mass is 274 g/mol. The third-order valence-corrected chi connectivity index (χ3v) is 3.35. The van der Waals surface area contributed by atoms with E-state index in [-0.39, 0.29) is 0 Å². The number of ether oxygens (including phenoxy) is 1. The fraction of sp³-hybridized carbons (Fsp3) is 0.467. The average Bonchev–Trinajstić information content (AvgIpc) is 2.92. The Morgan fingerprint density at radius 2 is 1.95 bits per heavy atom. The lowest BCUT2D eigenvalue weighted by Gasteiger charge is -2.21. The second kappa shape index (κ2) is 7.17. The number of hydrogen-bond acceptors (Lipinski definition) is 4. The van der Waals surface area contributed by atoms with Gasteiger partial charge in [-0.3, -0.25) is 0 Å². The van der Waals surface area contributed by atoms with E-state index < -0.39 is 0 Å². The van der Waals surface area contributed by atoms with Crippen LogP contribution in [0.4, 0.5) is 0 Å². The molecule has 2 rings (SSSR count). The maximum atomic E-state index is 5.24. The van der Waals surface area contributed by atoms with Gasteiger partial charge in [-0.15, -0.1) is 0 Å². The van der Waals surface area contributed by atoms with E-state index in [1.54, 1.807) is 7.11 Å². The van der Waals surface area contributed by atoms with Gasteiger partial charge >= 0.3 is 0 Å². The maximum absolute atomic E-state index is 5.24. The third kappa shape index (κ3) is 3.65. The van der Waals surface area contributed by atoms with Crippen molar-refractivity contribution < 1.29 is 4.74 Å². The highest BCUT2D eigenvalue weighted by atomic mass is 16.5. The molecule has 0 aliphatic carbocycles. The molecule has 2 N–H and O–H groups in total. The standard InChI is InChI=1S/C15H22N4O/c1-11(2)14(10-20-3)16-9-13-15(18-19-17-13)12-7-5-4-6-8-12/h4-8,11,14,16H,9-10H2,1-3H3,(H,17,18,19). The summed E-state index contributed by atoms with van der Waals surface area (Å²) in [5.74, 6) is 0.502. The molecule has 108 valence electrons. The van der Waals surface area contributed by atoms with Crippen molar-refractivity contribution in [1.82, 2.24) is 20.7 Å². The van der Waals surface area contributed by atoms with Crippen LogP contribution in [0.15, 0.2) is 30.3 Å². The summed E-state index contributed by atoms with van der Waals surface area (Å²) in [6.45, 7) is 5.72. The Balaban J connectivity index is 2.06. The first-order chi connectivity index (χ1) is 9.72. The van der Waals surface area contributed by atoms with E-state index in [2.05, 4.69) is 34.6 Å². The van der Waals surface area contributed by atoms with Crippen molar-refractivity contribution >= 4 is 0 Å². The first kappa shape index (κ1) is 14.7. The average molecular weight is 274 g/mol. The smallest absolute Gasteiger partial charge is 0.117 e. The molecule has 0 fully saturated rings. The zero-order valence-corrected chi connectivity index (χ0v) is 12.3. The number of hydrogen-bond donors (Lipinski definition) is 2. The minimum absolute atomic E-state index is 0.306. The topological polar surface area (TPSA) is 62.8 Å². The van der Waals surface area contributed by atoms with Gasteiger partial charge in [0, 0.05) is 25.3 Å².